The van der Waals surface area contributed by atoms with Crippen LogP contribution in [0.1, 0.15) is 30.5 Å². The molecule has 0 unspecified atom stereocenters. The van der Waals surface area contributed by atoms with E-state index in [0.717, 1.165) is 29.0 Å². The number of hydrogen-bond donors (Lipinski definition) is 0. The number of para-hydroxylation sites is 1. The summed E-state index contributed by atoms with van der Waals surface area (Å²) in [5.41, 5.74) is 3.18. The Kier molecular flexibility index (Phi) is 2.96. The quantitative estimate of drug-likeness (QED) is 0.854. The highest BCUT2D eigenvalue weighted by molar-refractivity contribution is 6.02. The standard InChI is InChI=1S/C18H16N2O2/c1-12(21)18-20-16(14-9-5-6-10-17(14)22-18)11-15(19-20)13-7-3-2-4-8-13/h2-10,16,18H,11H2,1H3/t16-,18-/m1/s1. The van der Waals surface area contributed by atoms with E-state index in [1.54, 1.807) is 6.92 Å². The van der Waals surface area contributed by atoms with E-state index in [1.807, 2.05) is 59.6 Å². The summed E-state index contributed by atoms with van der Waals surface area (Å²) in [6, 6.07) is 18.0. The van der Waals surface area contributed by atoms with E-state index < -0.39 is 6.23 Å². The monoisotopic (exact) mass is 292 g/mol. The number of carbonyl (C=O) groups is 1. The van der Waals surface area contributed by atoms with Crippen LogP contribution >= 0.6 is 0 Å². The molecule has 22 heavy (non-hydrogen) atoms. The summed E-state index contributed by atoms with van der Waals surface area (Å²) in [5.74, 6) is 0.756. The molecule has 2 aliphatic heterocycles. The minimum absolute atomic E-state index is 0.0300. The molecule has 2 aliphatic rings. The van der Waals surface area contributed by atoms with Crippen molar-refractivity contribution in [2.45, 2.75) is 25.6 Å². The summed E-state index contributed by atoms with van der Waals surface area (Å²) in [4.78, 5) is 12.0. The Labute approximate surface area is 129 Å². The highest BCUT2D eigenvalue weighted by Gasteiger charge is 2.41. The average Bonchev–Trinajstić information content (AvgIpc) is 3.00. The van der Waals surface area contributed by atoms with Crippen molar-refractivity contribution in [2.24, 2.45) is 5.10 Å². The number of hydrazone groups is 1. The Balaban J connectivity index is 1.77. The van der Waals surface area contributed by atoms with Crippen molar-refractivity contribution in [2.75, 3.05) is 0 Å². The Morgan fingerprint density at radius 2 is 1.86 bits per heavy atom. The first-order valence-electron chi connectivity index (χ1n) is 7.41. The van der Waals surface area contributed by atoms with E-state index in [2.05, 4.69) is 5.10 Å². The second-order valence-electron chi connectivity index (χ2n) is 5.63. The Morgan fingerprint density at radius 1 is 1.14 bits per heavy atom. The van der Waals surface area contributed by atoms with Crippen LogP contribution in [-0.4, -0.2) is 22.7 Å². The predicted octanol–water partition coefficient (Wildman–Crippen LogP) is 3.15. The minimum atomic E-state index is -0.638. The van der Waals surface area contributed by atoms with Gasteiger partial charge in [0.25, 0.3) is 0 Å². The third-order valence-electron chi connectivity index (χ3n) is 4.15. The fourth-order valence-corrected chi connectivity index (χ4v) is 3.11. The molecule has 0 aromatic heterocycles. The van der Waals surface area contributed by atoms with Crippen LogP contribution in [0.4, 0.5) is 0 Å². The SMILES string of the molecule is CC(=O)[C@H]1Oc2ccccc2[C@H]2CC(c3ccccc3)=NN12. The zero-order valence-electron chi connectivity index (χ0n) is 12.3. The van der Waals surface area contributed by atoms with Gasteiger partial charge in [-0.2, -0.15) is 5.10 Å². The van der Waals surface area contributed by atoms with E-state index in [4.69, 9.17) is 4.74 Å². The van der Waals surface area contributed by atoms with Crippen LogP contribution in [0.2, 0.25) is 0 Å². The van der Waals surface area contributed by atoms with Gasteiger partial charge < -0.3 is 4.74 Å². The number of carbonyl (C=O) groups excluding carboxylic acids is 1. The van der Waals surface area contributed by atoms with E-state index >= 15 is 0 Å². The number of nitrogens with zero attached hydrogens (tertiary/aromatic N) is 2. The molecule has 2 atom stereocenters. The van der Waals surface area contributed by atoms with Gasteiger partial charge in [-0.1, -0.05) is 48.5 Å². The van der Waals surface area contributed by atoms with E-state index in [-0.39, 0.29) is 11.8 Å². The molecule has 2 aromatic rings. The molecule has 0 spiro atoms. The molecule has 0 saturated heterocycles. The number of Topliss-reactive ketones (excluding diaryl/α,β-unsaturated/α-hetero) is 1. The second kappa shape index (κ2) is 4.98. The van der Waals surface area contributed by atoms with Crippen LogP contribution in [0, 0.1) is 0 Å². The predicted molar refractivity (Wildman–Crippen MR) is 83.7 cm³/mol. The van der Waals surface area contributed by atoms with Crippen molar-refractivity contribution in [1.29, 1.82) is 0 Å². The smallest absolute Gasteiger partial charge is 0.246 e. The zero-order chi connectivity index (χ0) is 15.1. The first-order chi connectivity index (χ1) is 10.7. The van der Waals surface area contributed by atoms with Gasteiger partial charge in [-0.25, -0.2) is 5.01 Å². The third kappa shape index (κ3) is 1.99. The van der Waals surface area contributed by atoms with Crippen LogP contribution < -0.4 is 4.74 Å². The molecule has 4 nitrogen and oxygen atoms in total. The van der Waals surface area contributed by atoms with E-state index in [9.17, 15) is 4.79 Å². The summed E-state index contributed by atoms with van der Waals surface area (Å²) in [6.45, 7) is 1.55. The van der Waals surface area contributed by atoms with Crippen LogP contribution in [0.5, 0.6) is 5.75 Å². The van der Waals surface area contributed by atoms with Crippen molar-refractivity contribution >= 4 is 11.5 Å². The molecule has 0 N–H and O–H groups in total. The molecule has 110 valence electrons. The fraction of sp³-hybridized carbons (Fsp3) is 0.222. The molecule has 2 heterocycles. The summed E-state index contributed by atoms with van der Waals surface area (Å²) < 4.78 is 5.86. The summed E-state index contributed by atoms with van der Waals surface area (Å²) >= 11 is 0. The topological polar surface area (TPSA) is 41.9 Å². The lowest BCUT2D eigenvalue weighted by atomic mass is 9.96. The lowest BCUT2D eigenvalue weighted by Gasteiger charge is -2.36. The molecule has 0 radical (unpaired) electrons. The van der Waals surface area contributed by atoms with Crippen LogP contribution in [0.25, 0.3) is 0 Å². The van der Waals surface area contributed by atoms with Gasteiger partial charge in [0.1, 0.15) is 5.75 Å². The van der Waals surface area contributed by atoms with Crippen LogP contribution in [-0.2, 0) is 4.79 Å². The van der Waals surface area contributed by atoms with Gasteiger partial charge in [0.05, 0.1) is 11.8 Å². The van der Waals surface area contributed by atoms with Gasteiger partial charge >= 0.3 is 0 Å². The molecule has 4 rings (SSSR count). The molecule has 0 saturated carbocycles. The maximum Gasteiger partial charge on any atom is 0.246 e. The largest absolute Gasteiger partial charge is 0.461 e. The van der Waals surface area contributed by atoms with E-state index in [1.165, 1.54) is 0 Å². The van der Waals surface area contributed by atoms with Crippen molar-refractivity contribution in [3.63, 3.8) is 0 Å². The highest BCUT2D eigenvalue weighted by atomic mass is 16.5. The lowest BCUT2D eigenvalue weighted by molar-refractivity contribution is -0.135. The number of fused-ring (bicyclic) bond motifs is 3. The molecule has 0 aliphatic carbocycles. The Bertz CT molecular complexity index is 755. The number of hydrogen-bond acceptors (Lipinski definition) is 4. The Morgan fingerprint density at radius 3 is 2.64 bits per heavy atom. The molecule has 0 fully saturated rings. The number of benzene rings is 2. The number of rotatable bonds is 2. The average molecular weight is 292 g/mol. The summed E-state index contributed by atoms with van der Waals surface area (Å²) in [6.07, 6.45) is 0.148. The van der Waals surface area contributed by atoms with E-state index in [0.29, 0.717) is 0 Å². The maximum absolute atomic E-state index is 12.0. The first-order valence-corrected chi connectivity index (χ1v) is 7.41. The highest BCUT2D eigenvalue weighted by Crippen LogP contribution is 2.42. The van der Waals surface area contributed by atoms with Gasteiger partial charge in [-0.3, -0.25) is 4.79 Å². The maximum atomic E-state index is 12.0. The van der Waals surface area contributed by atoms with Gasteiger partial charge in [0.2, 0.25) is 6.23 Å². The van der Waals surface area contributed by atoms with Gasteiger partial charge in [-0.15, -0.1) is 0 Å². The van der Waals surface area contributed by atoms with Crippen molar-refractivity contribution < 1.29 is 9.53 Å². The number of ketones is 1. The molecular weight excluding hydrogens is 276 g/mol. The molecule has 2 aromatic carbocycles. The van der Waals surface area contributed by atoms with Gasteiger partial charge in [0, 0.05) is 18.9 Å². The van der Waals surface area contributed by atoms with Crippen molar-refractivity contribution in [3.05, 3.63) is 65.7 Å². The number of ether oxygens (including phenoxy) is 1. The first kappa shape index (κ1) is 13.1. The molecular formula is C18H16N2O2. The van der Waals surface area contributed by atoms with Gasteiger partial charge in [0.15, 0.2) is 5.78 Å². The molecule has 0 amide bonds. The van der Waals surface area contributed by atoms with Crippen molar-refractivity contribution in [3.8, 4) is 5.75 Å². The normalized spacial score (nSPS) is 22.4. The van der Waals surface area contributed by atoms with Crippen LogP contribution in [0.3, 0.4) is 0 Å². The third-order valence-corrected chi connectivity index (χ3v) is 4.15. The zero-order valence-corrected chi connectivity index (χ0v) is 12.3. The second-order valence-corrected chi connectivity index (χ2v) is 5.63. The minimum Gasteiger partial charge on any atom is -0.461 e. The fourth-order valence-electron chi connectivity index (χ4n) is 3.11. The molecule has 0 bridgehead atoms. The summed E-state index contributed by atoms with van der Waals surface area (Å²) in [7, 11) is 0. The molecule has 4 heteroatoms. The lowest BCUT2D eigenvalue weighted by Crippen LogP contribution is -2.44. The Hall–Kier alpha value is -2.62. The van der Waals surface area contributed by atoms with Crippen LogP contribution in [0.15, 0.2) is 59.7 Å². The van der Waals surface area contributed by atoms with Crippen molar-refractivity contribution in [1.82, 2.24) is 5.01 Å². The summed E-state index contributed by atoms with van der Waals surface area (Å²) in [5, 5.41) is 6.50. The van der Waals surface area contributed by atoms with Gasteiger partial charge in [-0.05, 0) is 11.6 Å².